The van der Waals surface area contributed by atoms with Gasteiger partial charge in [0.15, 0.2) is 21.2 Å². The zero-order valence-electron chi connectivity index (χ0n) is 20.6. The highest BCUT2D eigenvalue weighted by Crippen LogP contribution is 2.44. The summed E-state index contributed by atoms with van der Waals surface area (Å²) < 4.78 is 99.7. The number of sulfone groups is 1. The number of halogens is 5. The fourth-order valence-corrected chi connectivity index (χ4v) is 4.86. The molecule has 5 rings (SSSR count). The van der Waals surface area contributed by atoms with E-state index in [1.165, 1.54) is 23.9 Å². The number of pyridine rings is 1. The van der Waals surface area contributed by atoms with E-state index in [-0.39, 0.29) is 33.3 Å². The van der Waals surface area contributed by atoms with Gasteiger partial charge < -0.3 is 4.42 Å². The molecule has 3 heterocycles. The normalized spacial score (nSPS) is 12.8. The zero-order chi connectivity index (χ0) is 29.0. The molecule has 0 amide bonds. The van der Waals surface area contributed by atoms with E-state index in [0.29, 0.717) is 17.8 Å². The van der Waals surface area contributed by atoms with Crippen molar-refractivity contribution >= 4 is 20.9 Å². The second-order valence-electron chi connectivity index (χ2n) is 8.72. The molecule has 2 aromatic carbocycles. The summed E-state index contributed by atoms with van der Waals surface area (Å²) in [5.74, 6) is -6.10. The molecule has 5 aromatic rings. The predicted octanol–water partition coefficient (Wildman–Crippen LogP) is 4.98. The summed E-state index contributed by atoms with van der Waals surface area (Å²) in [5, 5.41) is 4.05. The summed E-state index contributed by atoms with van der Waals surface area (Å²) in [5.41, 5.74) is -1.48. The van der Waals surface area contributed by atoms with Crippen LogP contribution in [0.5, 0.6) is 0 Å². The second-order valence-corrected chi connectivity index (χ2v) is 11.0. The molecule has 9 nitrogen and oxygen atoms in total. The van der Waals surface area contributed by atoms with Crippen molar-refractivity contribution in [3.63, 3.8) is 0 Å². The maximum absolute atomic E-state index is 13.9. The summed E-state index contributed by atoms with van der Waals surface area (Å²) >= 11 is 0. The zero-order valence-corrected chi connectivity index (χ0v) is 21.5. The van der Waals surface area contributed by atoms with Crippen molar-refractivity contribution in [1.82, 2.24) is 24.3 Å². The van der Waals surface area contributed by atoms with Crippen molar-refractivity contribution in [2.24, 2.45) is 0 Å². The molecule has 40 heavy (non-hydrogen) atoms. The maximum atomic E-state index is 13.9. The van der Waals surface area contributed by atoms with Crippen LogP contribution >= 0.6 is 0 Å². The minimum absolute atomic E-state index is 0.118. The van der Waals surface area contributed by atoms with Gasteiger partial charge in [-0.15, -0.1) is 0 Å². The number of rotatable bonds is 6. The van der Waals surface area contributed by atoms with E-state index in [1.54, 1.807) is 24.3 Å². The lowest BCUT2D eigenvalue weighted by atomic mass is 10.1. The highest BCUT2D eigenvalue weighted by Gasteiger charge is 2.58. The molecule has 208 valence electrons. The summed E-state index contributed by atoms with van der Waals surface area (Å²) in [7, 11) is -3.96. The van der Waals surface area contributed by atoms with Crippen LogP contribution in [0, 0.1) is 6.92 Å². The Morgan fingerprint density at radius 1 is 0.950 bits per heavy atom. The largest absolute Gasteiger partial charge is 0.458 e. The first-order chi connectivity index (χ1) is 18.7. The number of nitrogens with zero attached hydrogens (tertiary/aromatic N) is 5. The van der Waals surface area contributed by atoms with Gasteiger partial charge in [0.05, 0.1) is 16.3 Å². The Morgan fingerprint density at radius 3 is 2.30 bits per heavy atom. The lowest BCUT2D eigenvalue weighted by molar-refractivity contribution is -0.289. The summed E-state index contributed by atoms with van der Waals surface area (Å²) in [4.78, 5) is 20.9. The molecular weight excluding hydrogens is 561 g/mol. The van der Waals surface area contributed by atoms with Crippen molar-refractivity contribution < 1.29 is 34.8 Å². The summed E-state index contributed by atoms with van der Waals surface area (Å²) in [6.45, 7) is 3.25. The molecule has 0 aliphatic rings. The molecule has 0 saturated heterocycles. The van der Waals surface area contributed by atoms with Gasteiger partial charge in [0.2, 0.25) is 5.89 Å². The molecule has 0 fully saturated rings. The van der Waals surface area contributed by atoms with Crippen LogP contribution < -0.4 is 5.69 Å². The second kappa shape index (κ2) is 9.36. The molecule has 0 aliphatic heterocycles. The van der Waals surface area contributed by atoms with Gasteiger partial charge in [0, 0.05) is 5.56 Å². The van der Waals surface area contributed by atoms with Crippen LogP contribution in [-0.2, 0) is 15.8 Å². The van der Waals surface area contributed by atoms with Gasteiger partial charge in [-0.05, 0) is 49.4 Å². The monoisotopic (exact) mass is 579 g/mol. The molecule has 15 heteroatoms. The van der Waals surface area contributed by atoms with Crippen molar-refractivity contribution in [2.75, 3.05) is 5.75 Å². The van der Waals surface area contributed by atoms with E-state index in [4.69, 9.17) is 4.42 Å². The van der Waals surface area contributed by atoms with E-state index in [1.807, 2.05) is 6.92 Å². The molecule has 0 saturated carbocycles. The van der Waals surface area contributed by atoms with Crippen LogP contribution in [-0.4, -0.2) is 44.7 Å². The Labute approximate surface area is 222 Å². The quantitative estimate of drug-likeness (QED) is 0.261. The molecule has 0 spiro atoms. The Balaban J connectivity index is 1.66. The van der Waals surface area contributed by atoms with Crippen LogP contribution in [0.3, 0.4) is 0 Å². The number of fused-ring (bicyclic) bond motifs is 1. The van der Waals surface area contributed by atoms with Gasteiger partial charge >= 0.3 is 17.8 Å². The third-order valence-corrected chi connectivity index (χ3v) is 7.83. The standard InChI is InChI=1S/C25H18F5N5O4S/c1-3-40(37,38)19-10-11-20(35-23(36)34(13-31-35)16-7-4-14(2)5-8-16)33-21(19)22-32-17-12-15(6-9-18(17)39-22)24(26,27)25(28,29)30/h4-13H,3H2,1-2H3. The molecule has 0 atom stereocenters. The minimum atomic E-state index is -5.85. The van der Waals surface area contributed by atoms with Gasteiger partial charge in [-0.3, -0.25) is 0 Å². The van der Waals surface area contributed by atoms with Crippen molar-refractivity contribution in [1.29, 1.82) is 0 Å². The number of hydrogen-bond acceptors (Lipinski definition) is 7. The summed E-state index contributed by atoms with van der Waals surface area (Å²) in [6.07, 6.45) is -4.60. The first-order valence-electron chi connectivity index (χ1n) is 11.6. The van der Waals surface area contributed by atoms with Gasteiger partial charge in [-0.2, -0.15) is 31.7 Å². The number of hydrogen-bond donors (Lipinski definition) is 0. The van der Waals surface area contributed by atoms with Crippen LogP contribution in [0.15, 0.2) is 75.0 Å². The molecule has 0 N–H and O–H groups in total. The minimum Gasteiger partial charge on any atom is -0.435 e. The average molecular weight is 580 g/mol. The smallest absolute Gasteiger partial charge is 0.435 e. The molecule has 0 radical (unpaired) electrons. The van der Waals surface area contributed by atoms with Crippen LogP contribution in [0.2, 0.25) is 0 Å². The van der Waals surface area contributed by atoms with E-state index < -0.39 is 39.1 Å². The SMILES string of the molecule is CCS(=O)(=O)c1ccc(-n2ncn(-c3ccc(C)cc3)c2=O)nc1-c1nc2cc(C(F)(F)C(F)(F)F)ccc2o1. The predicted molar refractivity (Wildman–Crippen MR) is 132 cm³/mol. The lowest BCUT2D eigenvalue weighted by Gasteiger charge is -2.19. The van der Waals surface area contributed by atoms with E-state index in [9.17, 15) is 35.2 Å². The molecular formula is C25H18F5N5O4S. The lowest BCUT2D eigenvalue weighted by Crippen LogP contribution is -2.33. The van der Waals surface area contributed by atoms with Crippen molar-refractivity contribution in [3.05, 3.63) is 82.5 Å². The number of alkyl halides is 5. The maximum Gasteiger partial charge on any atom is 0.458 e. The number of aryl methyl sites for hydroxylation is 1. The third-order valence-electron chi connectivity index (χ3n) is 6.07. The molecule has 3 aromatic heterocycles. The number of aromatic nitrogens is 5. The van der Waals surface area contributed by atoms with E-state index in [2.05, 4.69) is 15.1 Å². The van der Waals surface area contributed by atoms with Gasteiger partial charge in [0.25, 0.3) is 0 Å². The first-order valence-corrected chi connectivity index (χ1v) is 13.2. The summed E-state index contributed by atoms with van der Waals surface area (Å²) in [6, 6.07) is 11.3. The van der Waals surface area contributed by atoms with Gasteiger partial charge in [-0.1, -0.05) is 24.6 Å². The average Bonchev–Trinajstić information content (AvgIpc) is 3.51. The Bertz CT molecular complexity index is 1910. The topological polar surface area (TPSA) is 113 Å². The van der Waals surface area contributed by atoms with Crippen LogP contribution in [0.25, 0.3) is 34.2 Å². The first kappa shape index (κ1) is 27.2. The molecule has 0 bridgehead atoms. The van der Waals surface area contributed by atoms with Gasteiger partial charge in [0.1, 0.15) is 17.5 Å². The fourth-order valence-electron chi connectivity index (χ4n) is 3.85. The van der Waals surface area contributed by atoms with Crippen molar-refractivity contribution in [3.8, 4) is 23.1 Å². The fraction of sp³-hybridized carbons (Fsp3) is 0.200. The number of benzene rings is 2. The van der Waals surface area contributed by atoms with E-state index >= 15 is 0 Å². The molecule has 0 unspecified atom stereocenters. The highest BCUT2D eigenvalue weighted by atomic mass is 32.2. The Hall–Kier alpha value is -4.40. The molecule has 0 aliphatic carbocycles. The van der Waals surface area contributed by atoms with Crippen LogP contribution in [0.1, 0.15) is 18.1 Å². The van der Waals surface area contributed by atoms with Crippen LogP contribution in [0.4, 0.5) is 22.0 Å². The number of oxazole rings is 1. The van der Waals surface area contributed by atoms with E-state index in [0.717, 1.165) is 22.4 Å². The van der Waals surface area contributed by atoms with Crippen molar-refractivity contribution in [2.45, 2.75) is 30.8 Å². The third kappa shape index (κ3) is 4.55. The van der Waals surface area contributed by atoms with Gasteiger partial charge in [-0.25, -0.2) is 27.7 Å². The highest BCUT2D eigenvalue weighted by molar-refractivity contribution is 7.91. The Morgan fingerprint density at radius 2 is 1.65 bits per heavy atom. The Kier molecular flexibility index (Phi) is 6.36.